The smallest absolute Gasteiger partial charge is 0.251 e. The number of aromatic nitrogens is 1. The summed E-state index contributed by atoms with van der Waals surface area (Å²) in [4.78, 5) is 15.5. The summed E-state index contributed by atoms with van der Waals surface area (Å²) >= 11 is 5.70. The molecule has 0 aliphatic rings. The van der Waals surface area contributed by atoms with E-state index in [0.29, 0.717) is 10.7 Å². The molecule has 1 rings (SSSR count). The average Bonchev–Trinajstić information content (AvgIpc) is 2.28. The van der Waals surface area contributed by atoms with Gasteiger partial charge in [-0.15, -0.1) is 0 Å². The maximum atomic E-state index is 11.6. The summed E-state index contributed by atoms with van der Waals surface area (Å²) in [6.45, 7) is 2.89. The van der Waals surface area contributed by atoms with Crippen LogP contribution in [-0.4, -0.2) is 17.4 Å². The number of amides is 1. The third kappa shape index (κ3) is 4.62. The van der Waals surface area contributed by atoms with Crippen LogP contribution in [0, 0.1) is 0 Å². The van der Waals surface area contributed by atoms with Gasteiger partial charge >= 0.3 is 0 Å². The first-order chi connectivity index (χ1) is 7.74. The van der Waals surface area contributed by atoms with Crippen LogP contribution in [0.15, 0.2) is 18.3 Å². The summed E-state index contributed by atoms with van der Waals surface area (Å²) in [6, 6.07) is 3.23. The Morgan fingerprint density at radius 1 is 1.44 bits per heavy atom. The van der Waals surface area contributed by atoms with Crippen molar-refractivity contribution in [3.63, 3.8) is 0 Å². The zero-order chi connectivity index (χ0) is 11.8. The third-order valence-corrected chi connectivity index (χ3v) is 2.51. The number of hydrogen-bond acceptors (Lipinski definition) is 2. The molecule has 0 aliphatic carbocycles. The fraction of sp³-hybridized carbons (Fsp3) is 0.500. The zero-order valence-electron chi connectivity index (χ0n) is 9.50. The number of pyridine rings is 1. The Kier molecular flexibility index (Phi) is 5.86. The van der Waals surface area contributed by atoms with Crippen molar-refractivity contribution < 1.29 is 4.79 Å². The minimum Gasteiger partial charge on any atom is -0.352 e. The van der Waals surface area contributed by atoms with Gasteiger partial charge in [0.1, 0.15) is 5.15 Å². The van der Waals surface area contributed by atoms with Crippen molar-refractivity contribution in [2.45, 2.75) is 32.6 Å². The van der Waals surface area contributed by atoms with Crippen LogP contribution in [0.2, 0.25) is 5.15 Å². The minimum atomic E-state index is -0.0826. The predicted molar refractivity (Wildman–Crippen MR) is 65.7 cm³/mol. The Bertz CT molecular complexity index is 342. The lowest BCUT2D eigenvalue weighted by atomic mass is 10.2. The Labute approximate surface area is 101 Å². The fourth-order valence-corrected chi connectivity index (χ4v) is 1.57. The van der Waals surface area contributed by atoms with Crippen LogP contribution in [0.3, 0.4) is 0 Å². The lowest BCUT2D eigenvalue weighted by molar-refractivity contribution is 0.0953. The quantitative estimate of drug-likeness (QED) is 0.614. The molecule has 1 heterocycles. The number of unbranched alkanes of at least 4 members (excludes halogenated alkanes) is 3. The summed E-state index contributed by atoms with van der Waals surface area (Å²) in [7, 11) is 0. The molecule has 0 atom stereocenters. The van der Waals surface area contributed by atoms with E-state index in [0.717, 1.165) is 19.4 Å². The molecule has 1 N–H and O–H groups in total. The van der Waals surface area contributed by atoms with Gasteiger partial charge in [-0.05, 0) is 18.6 Å². The highest BCUT2D eigenvalue weighted by molar-refractivity contribution is 6.29. The first-order valence-electron chi connectivity index (χ1n) is 5.63. The van der Waals surface area contributed by atoms with Crippen LogP contribution in [0.4, 0.5) is 0 Å². The van der Waals surface area contributed by atoms with Crippen molar-refractivity contribution in [2.24, 2.45) is 0 Å². The zero-order valence-corrected chi connectivity index (χ0v) is 10.3. The lowest BCUT2D eigenvalue weighted by Gasteiger charge is -2.04. The second-order valence-electron chi connectivity index (χ2n) is 3.68. The molecule has 0 saturated heterocycles. The Morgan fingerprint density at radius 2 is 2.25 bits per heavy atom. The van der Waals surface area contributed by atoms with Crippen molar-refractivity contribution in [3.05, 3.63) is 29.0 Å². The second-order valence-corrected chi connectivity index (χ2v) is 4.07. The van der Waals surface area contributed by atoms with Gasteiger partial charge in [-0.1, -0.05) is 37.8 Å². The highest BCUT2D eigenvalue weighted by Crippen LogP contribution is 2.06. The van der Waals surface area contributed by atoms with Crippen molar-refractivity contribution in [1.29, 1.82) is 0 Å². The number of nitrogens with zero attached hydrogens (tertiary/aromatic N) is 1. The molecular weight excluding hydrogens is 224 g/mol. The van der Waals surface area contributed by atoms with E-state index in [1.165, 1.54) is 19.0 Å². The van der Waals surface area contributed by atoms with Gasteiger partial charge in [0.25, 0.3) is 5.91 Å². The van der Waals surface area contributed by atoms with E-state index in [4.69, 9.17) is 11.6 Å². The molecule has 1 aromatic rings. The summed E-state index contributed by atoms with van der Waals surface area (Å²) in [6.07, 6.45) is 6.14. The van der Waals surface area contributed by atoms with E-state index in [1.54, 1.807) is 12.1 Å². The molecule has 0 fully saturated rings. The molecule has 4 heteroatoms. The van der Waals surface area contributed by atoms with Crippen LogP contribution in [-0.2, 0) is 0 Å². The highest BCUT2D eigenvalue weighted by Gasteiger charge is 2.04. The van der Waals surface area contributed by atoms with E-state index in [9.17, 15) is 4.79 Å². The van der Waals surface area contributed by atoms with Crippen molar-refractivity contribution in [2.75, 3.05) is 6.54 Å². The van der Waals surface area contributed by atoms with E-state index < -0.39 is 0 Å². The van der Waals surface area contributed by atoms with E-state index >= 15 is 0 Å². The molecular formula is C12H17ClN2O. The molecule has 0 unspecified atom stereocenters. The third-order valence-electron chi connectivity index (χ3n) is 2.30. The summed E-state index contributed by atoms with van der Waals surface area (Å²) in [5.74, 6) is -0.0826. The lowest BCUT2D eigenvalue weighted by Crippen LogP contribution is -2.24. The van der Waals surface area contributed by atoms with Crippen LogP contribution in [0.25, 0.3) is 0 Å². The molecule has 3 nitrogen and oxygen atoms in total. The largest absolute Gasteiger partial charge is 0.352 e. The molecule has 0 bridgehead atoms. The second kappa shape index (κ2) is 7.23. The molecule has 88 valence electrons. The topological polar surface area (TPSA) is 42.0 Å². The Morgan fingerprint density at radius 3 is 2.94 bits per heavy atom. The molecule has 0 spiro atoms. The van der Waals surface area contributed by atoms with Gasteiger partial charge in [-0.25, -0.2) is 4.98 Å². The van der Waals surface area contributed by atoms with Crippen LogP contribution >= 0.6 is 11.6 Å². The Balaban J connectivity index is 2.30. The molecule has 1 aromatic heterocycles. The van der Waals surface area contributed by atoms with Gasteiger partial charge in [0.2, 0.25) is 0 Å². The summed E-state index contributed by atoms with van der Waals surface area (Å²) in [5.41, 5.74) is 0.565. The first kappa shape index (κ1) is 13.0. The van der Waals surface area contributed by atoms with Gasteiger partial charge in [0.15, 0.2) is 0 Å². The fourth-order valence-electron chi connectivity index (χ4n) is 1.40. The van der Waals surface area contributed by atoms with Crippen LogP contribution < -0.4 is 5.32 Å². The average molecular weight is 241 g/mol. The van der Waals surface area contributed by atoms with E-state index in [1.807, 2.05) is 0 Å². The highest BCUT2D eigenvalue weighted by atomic mass is 35.5. The molecule has 1 amide bonds. The predicted octanol–water partition coefficient (Wildman–Crippen LogP) is 3.05. The molecule has 0 aromatic carbocycles. The summed E-state index contributed by atoms with van der Waals surface area (Å²) < 4.78 is 0. The number of nitrogens with one attached hydrogen (secondary N) is 1. The van der Waals surface area contributed by atoms with Gasteiger partial charge in [0, 0.05) is 18.3 Å². The van der Waals surface area contributed by atoms with Crippen molar-refractivity contribution in [1.82, 2.24) is 10.3 Å². The number of rotatable bonds is 6. The first-order valence-corrected chi connectivity index (χ1v) is 6.01. The maximum absolute atomic E-state index is 11.6. The number of carbonyl (C=O) groups is 1. The van der Waals surface area contributed by atoms with E-state index in [-0.39, 0.29) is 5.91 Å². The molecule has 0 radical (unpaired) electrons. The standard InChI is InChI=1S/C12H17ClN2O/c1-2-3-4-5-7-15-12(16)10-6-8-14-11(13)9-10/h6,8-9H,2-5,7H2,1H3,(H,15,16). The van der Waals surface area contributed by atoms with E-state index in [2.05, 4.69) is 17.2 Å². The van der Waals surface area contributed by atoms with Gasteiger partial charge < -0.3 is 5.32 Å². The SMILES string of the molecule is CCCCCCNC(=O)c1ccnc(Cl)c1. The number of carbonyl (C=O) groups excluding carboxylic acids is 1. The molecule has 16 heavy (non-hydrogen) atoms. The maximum Gasteiger partial charge on any atom is 0.251 e. The Hall–Kier alpha value is -1.09. The number of halogens is 1. The molecule has 0 aliphatic heterocycles. The van der Waals surface area contributed by atoms with Gasteiger partial charge in [-0.3, -0.25) is 4.79 Å². The van der Waals surface area contributed by atoms with Gasteiger partial charge in [0.05, 0.1) is 0 Å². The van der Waals surface area contributed by atoms with Gasteiger partial charge in [-0.2, -0.15) is 0 Å². The molecule has 0 saturated carbocycles. The summed E-state index contributed by atoms with van der Waals surface area (Å²) in [5, 5.41) is 3.21. The normalized spacial score (nSPS) is 10.1. The van der Waals surface area contributed by atoms with Crippen LogP contribution in [0.5, 0.6) is 0 Å². The van der Waals surface area contributed by atoms with Crippen molar-refractivity contribution >= 4 is 17.5 Å². The monoisotopic (exact) mass is 240 g/mol. The minimum absolute atomic E-state index is 0.0826. The van der Waals surface area contributed by atoms with Crippen molar-refractivity contribution in [3.8, 4) is 0 Å². The number of hydrogen-bond donors (Lipinski definition) is 1. The van der Waals surface area contributed by atoms with Crippen LogP contribution in [0.1, 0.15) is 43.0 Å².